The van der Waals surface area contributed by atoms with Crippen molar-refractivity contribution in [2.45, 2.75) is 6.92 Å². The number of nitrogens with zero attached hydrogens (tertiary/aromatic N) is 5. The standard InChI is InChI=1S/C17H15N7O/c1-11-4-2-3-5-13(11)24-15(6-8-19-24)22-17(25)12-10-20-23-9-7-14(18)21-16(12)23/h2-10H,1H3,(H2,18,21)(H,22,25). The first-order valence-corrected chi connectivity index (χ1v) is 7.65. The Balaban J connectivity index is 1.69. The largest absolute Gasteiger partial charge is 0.384 e. The van der Waals surface area contributed by atoms with Crippen molar-refractivity contribution in [3.63, 3.8) is 0 Å². The average molecular weight is 333 g/mol. The number of para-hydroxylation sites is 1. The smallest absolute Gasteiger partial charge is 0.262 e. The second-order valence-electron chi connectivity index (χ2n) is 5.55. The molecule has 124 valence electrons. The van der Waals surface area contributed by atoms with E-state index in [1.807, 2.05) is 31.2 Å². The molecule has 0 atom stereocenters. The van der Waals surface area contributed by atoms with Crippen molar-refractivity contribution in [2.75, 3.05) is 11.1 Å². The zero-order chi connectivity index (χ0) is 17.4. The summed E-state index contributed by atoms with van der Waals surface area (Å²) in [5, 5.41) is 11.3. The highest BCUT2D eigenvalue weighted by atomic mass is 16.1. The molecular weight excluding hydrogens is 318 g/mol. The number of carbonyl (C=O) groups excluding carboxylic acids is 1. The third-order valence-electron chi connectivity index (χ3n) is 3.86. The van der Waals surface area contributed by atoms with E-state index in [1.165, 1.54) is 10.7 Å². The van der Waals surface area contributed by atoms with E-state index in [9.17, 15) is 4.79 Å². The lowest BCUT2D eigenvalue weighted by atomic mass is 10.2. The Morgan fingerprint density at radius 3 is 2.84 bits per heavy atom. The molecule has 4 rings (SSSR count). The van der Waals surface area contributed by atoms with Crippen LogP contribution in [0, 0.1) is 6.92 Å². The number of carbonyl (C=O) groups is 1. The Hall–Kier alpha value is -3.68. The lowest BCUT2D eigenvalue weighted by Gasteiger charge is -2.10. The molecule has 8 nitrogen and oxygen atoms in total. The molecule has 1 amide bonds. The minimum atomic E-state index is -0.330. The van der Waals surface area contributed by atoms with Gasteiger partial charge in [0.2, 0.25) is 0 Å². The van der Waals surface area contributed by atoms with Gasteiger partial charge >= 0.3 is 0 Å². The maximum atomic E-state index is 12.7. The number of benzene rings is 1. The van der Waals surface area contributed by atoms with E-state index in [2.05, 4.69) is 20.5 Å². The van der Waals surface area contributed by atoms with E-state index in [1.54, 1.807) is 29.2 Å². The van der Waals surface area contributed by atoms with Gasteiger partial charge < -0.3 is 11.1 Å². The fourth-order valence-electron chi connectivity index (χ4n) is 2.62. The number of nitrogen functional groups attached to an aromatic ring is 1. The Labute approximate surface area is 142 Å². The summed E-state index contributed by atoms with van der Waals surface area (Å²) in [4.78, 5) is 16.9. The number of fused-ring (bicyclic) bond motifs is 1. The predicted octanol–water partition coefficient (Wildman–Crippen LogP) is 2.06. The highest BCUT2D eigenvalue weighted by Crippen LogP contribution is 2.19. The van der Waals surface area contributed by atoms with Gasteiger partial charge in [-0.1, -0.05) is 18.2 Å². The third-order valence-corrected chi connectivity index (χ3v) is 3.86. The maximum Gasteiger partial charge on any atom is 0.262 e. The van der Waals surface area contributed by atoms with Crippen LogP contribution < -0.4 is 11.1 Å². The van der Waals surface area contributed by atoms with Gasteiger partial charge in [-0.05, 0) is 24.6 Å². The minimum absolute atomic E-state index is 0.326. The number of aromatic nitrogens is 5. The zero-order valence-electron chi connectivity index (χ0n) is 13.4. The summed E-state index contributed by atoms with van der Waals surface area (Å²) in [7, 11) is 0. The van der Waals surface area contributed by atoms with Gasteiger partial charge in [-0.3, -0.25) is 4.79 Å². The van der Waals surface area contributed by atoms with Gasteiger partial charge in [-0.25, -0.2) is 14.2 Å². The van der Waals surface area contributed by atoms with Gasteiger partial charge in [0, 0.05) is 12.3 Å². The molecule has 25 heavy (non-hydrogen) atoms. The number of rotatable bonds is 3. The fraction of sp³-hybridized carbons (Fsp3) is 0.0588. The van der Waals surface area contributed by atoms with Crippen molar-refractivity contribution >= 4 is 23.2 Å². The summed E-state index contributed by atoms with van der Waals surface area (Å²) in [6.45, 7) is 1.99. The summed E-state index contributed by atoms with van der Waals surface area (Å²) in [5.74, 6) is 0.554. The molecule has 0 radical (unpaired) electrons. The van der Waals surface area contributed by atoms with Crippen molar-refractivity contribution in [3.05, 3.63) is 66.1 Å². The summed E-state index contributed by atoms with van der Waals surface area (Å²) in [6.07, 6.45) is 4.76. The van der Waals surface area contributed by atoms with E-state index in [-0.39, 0.29) is 5.91 Å². The Bertz CT molecular complexity index is 1080. The lowest BCUT2D eigenvalue weighted by Crippen LogP contribution is -2.15. The highest BCUT2D eigenvalue weighted by molar-refractivity contribution is 6.07. The van der Waals surface area contributed by atoms with Crippen molar-refractivity contribution in [2.24, 2.45) is 0 Å². The van der Waals surface area contributed by atoms with Crippen LogP contribution in [0.1, 0.15) is 15.9 Å². The Morgan fingerprint density at radius 1 is 1.16 bits per heavy atom. The molecule has 8 heteroatoms. The molecule has 4 aromatic rings. The van der Waals surface area contributed by atoms with Crippen molar-refractivity contribution in [3.8, 4) is 5.69 Å². The molecule has 3 N–H and O–H groups in total. The van der Waals surface area contributed by atoms with Crippen LogP contribution >= 0.6 is 0 Å². The molecule has 0 aliphatic rings. The first-order valence-electron chi connectivity index (χ1n) is 7.65. The predicted molar refractivity (Wildman–Crippen MR) is 93.7 cm³/mol. The van der Waals surface area contributed by atoms with E-state index in [0.717, 1.165) is 11.3 Å². The number of amides is 1. The van der Waals surface area contributed by atoms with E-state index in [4.69, 9.17) is 5.73 Å². The summed E-state index contributed by atoms with van der Waals surface area (Å²) in [6, 6.07) is 11.2. The quantitative estimate of drug-likeness (QED) is 0.597. The number of hydrogen-bond donors (Lipinski definition) is 2. The number of anilines is 2. The van der Waals surface area contributed by atoms with Crippen LogP contribution in [-0.4, -0.2) is 30.3 Å². The van der Waals surface area contributed by atoms with Gasteiger partial charge in [-0.15, -0.1) is 0 Å². The lowest BCUT2D eigenvalue weighted by molar-refractivity contribution is 0.102. The van der Waals surface area contributed by atoms with E-state index in [0.29, 0.717) is 22.8 Å². The molecule has 0 fully saturated rings. The molecule has 0 aliphatic carbocycles. The summed E-state index contributed by atoms with van der Waals surface area (Å²) >= 11 is 0. The van der Waals surface area contributed by atoms with Crippen LogP contribution in [0.3, 0.4) is 0 Å². The molecule has 0 spiro atoms. The summed E-state index contributed by atoms with van der Waals surface area (Å²) < 4.78 is 3.19. The number of aryl methyl sites for hydroxylation is 1. The van der Waals surface area contributed by atoms with Crippen molar-refractivity contribution < 1.29 is 4.79 Å². The minimum Gasteiger partial charge on any atom is -0.384 e. The number of nitrogens with one attached hydrogen (secondary N) is 1. The Morgan fingerprint density at radius 2 is 2.00 bits per heavy atom. The first kappa shape index (κ1) is 14.9. The molecule has 1 aromatic carbocycles. The molecule has 3 heterocycles. The SMILES string of the molecule is Cc1ccccc1-n1nccc1NC(=O)c1cnn2ccc(N)nc12. The number of hydrogen-bond acceptors (Lipinski definition) is 5. The molecular formula is C17H15N7O. The zero-order valence-corrected chi connectivity index (χ0v) is 13.4. The van der Waals surface area contributed by atoms with Gasteiger partial charge in [0.25, 0.3) is 5.91 Å². The second kappa shape index (κ2) is 5.75. The van der Waals surface area contributed by atoms with Crippen molar-refractivity contribution in [1.82, 2.24) is 24.4 Å². The van der Waals surface area contributed by atoms with Crippen LogP contribution in [0.5, 0.6) is 0 Å². The average Bonchev–Trinajstić information content (AvgIpc) is 3.21. The van der Waals surface area contributed by atoms with Crippen molar-refractivity contribution in [1.29, 1.82) is 0 Å². The van der Waals surface area contributed by atoms with Gasteiger partial charge in [0.15, 0.2) is 5.65 Å². The van der Waals surface area contributed by atoms with E-state index >= 15 is 0 Å². The topological polar surface area (TPSA) is 103 Å². The first-order chi connectivity index (χ1) is 12.1. The highest BCUT2D eigenvalue weighted by Gasteiger charge is 2.17. The summed E-state index contributed by atoms with van der Waals surface area (Å²) in [5.41, 5.74) is 8.39. The van der Waals surface area contributed by atoms with Crippen LogP contribution in [0.25, 0.3) is 11.3 Å². The second-order valence-corrected chi connectivity index (χ2v) is 5.55. The monoisotopic (exact) mass is 333 g/mol. The Kier molecular flexibility index (Phi) is 3.42. The molecule has 0 bridgehead atoms. The normalized spacial score (nSPS) is 10.9. The van der Waals surface area contributed by atoms with Crippen LogP contribution in [0.2, 0.25) is 0 Å². The molecule has 0 saturated carbocycles. The molecule has 0 unspecified atom stereocenters. The maximum absolute atomic E-state index is 12.7. The number of nitrogens with two attached hydrogens (primary N) is 1. The molecule has 0 aliphatic heterocycles. The molecule has 3 aromatic heterocycles. The van der Waals surface area contributed by atoms with Crippen LogP contribution in [0.4, 0.5) is 11.6 Å². The van der Waals surface area contributed by atoms with Gasteiger partial charge in [-0.2, -0.15) is 10.2 Å². The van der Waals surface area contributed by atoms with Gasteiger partial charge in [0.05, 0.1) is 18.1 Å². The third kappa shape index (κ3) is 2.59. The fourth-order valence-corrected chi connectivity index (χ4v) is 2.62. The van der Waals surface area contributed by atoms with Crippen LogP contribution in [0.15, 0.2) is 55.0 Å². The van der Waals surface area contributed by atoms with Crippen LogP contribution in [-0.2, 0) is 0 Å². The van der Waals surface area contributed by atoms with E-state index < -0.39 is 0 Å². The molecule has 0 saturated heterocycles. The van der Waals surface area contributed by atoms with Gasteiger partial charge in [0.1, 0.15) is 17.2 Å².